The van der Waals surface area contributed by atoms with E-state index >= 15 is 0 Å². The van der Waals surface area contributed by atoms with Gasteiger partial charge in [-0.25, -0.2) is 0 Å². The molecular weight excluding hydrogens is 500 g/mol. The average Bonchev–Trinajstić information content (AvgIpc) is 3.63. The molecule has 3 fully saturated rings. The van der Waals surface area contributed by atoms with Crippen LogP contribution in [0.2, 0.25) is 0 Å². The second-order valence-electron chi connectivity index (χ2n) is 11.9. The van der Waals surface area contributed by atoms with Gasteiger partial charge in [-0.15, -0.1) is 12.4 Å². The van der Waals surface area contributed by atoms with E-state index < -0.39 is 17.1 Å². The number of phenols is 1. The molecule has 0 radical (unpaired) electrons. The van der Waals surface area contributed by atoms with Crippen molar-refractivity contribution in [2.75, 3.05) is 20.1 Å². The number of hydrogen-bond donors (Lipinski definition) is 2. The van der Waals surface area contributed by atoms with Crippen molar-refractivity contribution in [3.05, 3.63) is 58.7 Å². The van der Waals surface area contributed by atoms with Gasteiger partial charge in [0.2, 0.25) is 0 Å². The van der Waals surface area contributed by atoms with Gasteiger partial charge in [-0.2, -0.15) is 0 Å². The molecule has 0 aromatic heterocycles. The lowest BCUT2D eigenvalue weighted by Crippen LogP contribution is -2.78. The summed E-state index contributed by atoms with van der Waals surface area (Å²) in [6, 6.07) is 11.4. The number of piperidine rings is 1. The molecule has 2 aromatic rings. The number of aryl methyl sites for hydroxylation is 1. The van der Waals surface area contributed by atoms with Crippen LogP contribution in [0.5, 0.6) is 11.5 Å². The number of likely N-dealkylation sites (N-methyl/N-ethyl adjacent to an activating group) is 1. The molecule has 5 aliphatic rings. The molecule has 200 valence electrons. The van der Waals surface area contributed by atoms with E-state index in [1.54, 1.807) is 18.0 Å². The number of likely N-dealkylation sites (tertiary alicyclic amines) is 1. The van der Waals surface area contributed by atoms with Crippen molar-refractivity contribution in [2.45, 2.75) is 74.7 Å². The van der Waals surface area contributed by atoms with Gasteiger partial charge >= 0.3 is 0 Å². The van der Waals surface area contributed by atoms with E-state index in [-0.39, 0.29) is 36.1 Å². The number of phenolic OH excluding ortho intramolecular Hbond substituents is 1. The third kappa shape index (κ3) is 3.52. The Morgan fingerprint density at radius 3 is 2.66 bits per heavy atom. The van der Waals surface area contributed by atoms with Gasteiger partial charge in [0.05, 0.1) is 17.1 Å². The molecule has 38 heavy (non-hydrogen) atoms. The van der Waals surface area contributed by atoms with Crippen LogP contribution in [0.1, 0.15) is 54.4 Å². The summed E-state index contributed by atoms with van der Waals surface area (Å²) in [7, 11) is 1.80. The lowest BCUT2D eigenvalue weighted by atomic mass is 9.48. The van der Waals surface area contributed by atoms with Crippen molar-refractivity contribution in [3.63, 3.8) is 0 Å². The molecule has 6 nitrogen and oxygen atoms in total. The standard InChI is InChI=1S/C31H34N2O4.ClH/c1-19-3-5-20(6-4-19)9-12-26(35)32(2)23-13-14-31(36)25-17-22-10-11-24(34)28-27(22)30(31,29(23)37-28)15-16-33(25)18-21-7-8-21;/h3-6,10-11,21,23,25,29,34,36H,7-8,13-18H2,1-2H3;1H/t23-,25-,29+,30+,31-;/m1./s1. The SMILES string of the molecule is Cc1ccc(C#CC(=O)N(C)[C@@H]2CC[C@@]3(O)[C@H]4Cc5ccc(O)c6c5[C@@]3(CCN4CC3CC3)[C@H]2O6)cc1.Cl. The molecule has 3 aliphatic carbocycles. The minimum Gasteiger partial charge on any atom is -0.504 e. The van der Waals surface area contributed by atoms with Crippen molar-refractivity contribution < 1.29 is 19.7 Å². The first-order valence-corrected chi connectivity index (χ1v) is 13.7. The first-order valence-electron chi connectivity index (χ1n) is 13.7. The average molecular weight is 535 g/mol. The molecule has 1 spiro atoms. The highest BCUT2D eigenvalue weighted by Crippen LogP contribution is 2.66. The summed E-state index contributed by atoms with van der Waals surface area (Å²) in [5.74, 6) is 6.95. The minimum atomic E-state index is -0.954. The lowest BCUT2D eigenvalue weighted by Gasteiger charge is -2.64. The molecule has 2 N–H and O–H groups in total. The first kappa shape index (κ1) is 25.6. The van der Waals surface area contributed by atoms with E-state index in [2.05, 4.69) is 16.7 Å². The zero-order chi connectivity index (χ0) is 25.5. The Morgan fingerprint density at radius 2 is 1.92 bits per heavy atom. The minimum absolute atomic E-state index is 0. The van der Waals surface area contributed by atoms with Gasteiger partial charge in [0, 0.05) is 36.7 Å². The molecule has 2 heterocycles. The summed E-state index contributed by atoms with van der Waals surface area (Å²) >= 11 is 0. The fourth-order valence-corrected chi connectivity index (χ4v) is 7.85. The molecule has 5 atom stereocenters. The Bertz CT molecular complexity index is 1350. The van der Waals surface area contributed by atoms with Crippen molar-refractivity contribution in [3.8, 4) is 23.3 Å². The number of halogens is 1. The van der Waals surface area contributed by atoms with Crippen LogP contribution in [0.4, 0.5) is 0 Å². The first-order chi connectivity index (χ1) is 17.8. The maximum atomic E-state index is 13.3. The van der Waals surface area contributed by atoms with E-state index in [1.165, 1.54) is 18.4 Å². The van der Waals surface area contributed by atoms with Crippen molar-refractivity contribution in [2.24, 2.45) is 5.92 Å². The number of aliphatic hydroxyl groups is 1. The maximum Gasteiger partial charge on any atom is 0.298 e. The summed E-state index contributed by atoms with van der Waals surface area (Å²) in [6.45, 7) is 3.97. The highest BCUT2D eigenvalue weighted by atomic mass is 35.5. The summed E-state index contributed by atoms with van der Waals surface area (Å²) in [6.07, 6.45) is 4.90. The quantitative estimate of drug-likeness (QED) is 0.589. The molecule has 0 unspecified atom stereocenters. The van der Waals surface area contributed by atoms with Gasteiger partial charge in [-0.1, -0.05) is 29.7 Å². The van der Waals surface area contributed by atoms with Crippen molar-refractivity contribution >= 4 is 18.3 Å². The van der Waals surface area contributed by atoms with Crippen molar-refractivity contribution in [1.82, 2.24) is 9.80 Å². The second-order valence-corrected chi connectivity index (χ2v) is 11.9. The van der Waals surface area contributed by atoms with Gasteiger partial charge in [-0.05, 0) is 81.7 Å². The van der Waals surface area contributed by atoms with E-state index in [9.17, 15) is 15.0 Å². The Balaban J connectivity index is 0.00000264. The number of carbonyl (C=O) groups is 1. The fraction of sp³-hybridized carbons (Fsp3) is 0.516. The highest BCUT2D eigenvalue weighted by Gasteiger charge is 2.73. The number of ether oxygens (including phenoxy) is 1. The predicted octanol–water partition coefficient (Wildman–Crippen LogP) is 3.57. The number of hydrogen-bond acceptors (Lipinski definition) is 5. The molecule has 7 rings (SSSR count). The zero-order valence-corrected chi connectivity index (χ0v) is 22.8. The molecule has 2 saturated carbocycles. The summed E-state index contributed by atoms with van der Waals surface area (Å²) in [4.78, 5) is 17.5. The normalized spacial score (nSPS) is 32.2. The Hall–Kier alpha value is -2.72. The number of aromatic hydroxyl groups is 1. The zero-order valence-electron chi connectivity index (χ0n) is 21.9. The van der Waals surface area contributed by atoms with E-state index in [4.69, 9.17) is 4.74 Å². The third-order valence-electron chi connectivity index (χ3n) is 9.91. The summed E-state index contributed by atoms with van der Waals surface area (Å²) in [5.41, 5.74) is 2.52. The number of rotatable bonds is 3. The second kappa shape index (κ2) is 8.91. The van der Waals surface area contributed by atoms with E-state index in [1.807, 2.05) is 37.3 Å². The molecule has 2 aromatic carbocycles. The lowest BCUT2D eigenvalue weighted by molar-refractivity contribution is -0.199. The maximum absolute atomic E-state index is 13.3. The van der Waals surface area contributed by atoms with E-state index in [0.29, 0.717) is 18.6 Å². The topological polar surface area (TPSA) is 73.2 Å². The summed E-state index contributed by atoms with van der Waals surface area (Å²) in [5, 5.41) is 23.4. The number of amides is 1. The highest BCUT2D eigenvalue weighted by molar-refractivity contribution is 5.94. The van der Waals surface area contributed by atoms with Crippen molar-refractivity contribution in [1.29, 1.82) is 0 Å². The Kier molecular flexibility index (Phi) is 5.99. The molecule has 1 saturated heterocycles. The Labute approximate surface area is 230 Å². The fourth-order valence-electron chi connectivity index (χ4n) is 7.85. The van der Waals surface area contributed by atoms with Gasteiger partial charge in [0.15, 0.2) is 11.5 Å². The van der Waals surface area contributed by atoms with Crippen LogP contribution in [-0.2, 0) is 16.6 Å². The predicted molar refractivity (Wildman–Crippen MR) is 147 cm³/mol. The molecule has 2 bridgehead atoms. The van der Waals surface area contributed by atoms with Gasteiger partial charge < -0.3 is 19.8 Å². The van der Waals surface area contributed by atoms with Gasteiger partial charge in [-0.3, -0.25) is 9.69 Å². The van der Waals surface area contributed by atoms with Crippen LogP contribution in [0.25, 0.3) is 0 Å². The largest absolute Gasteiger partial charge is 0.504 e. The van der Waals surface area contributed by atoms with Crippen LogP contribution < -0.4 is 4.74 Å². The number of benzene rings is 2. The molecular formula is C31H35ClN2O4. The Morgan fingerprint density at radius 1 is 1.16 bits per heavy atom. The third-order valence-corrected chi connectivity index (χ3v) is 9.91. The number of carbonyl (C=O) groups excluding carboxylic acids is 1. The number of nitrogens with zero attached hydrogens (tertiary/aromatic N) is 2. The van der Waals surface area contributed by atoms with Crippen LogP contribution >= 0.6 is 12.4 Å². The monoisotopic (exact) mass is 534 g/mol. The van der Waals surface area contributed by atoms with Gasteiger partial charge in [0.25, 0.3) is 5.91 Å². The van der Waals surface area contributed by atoms with E-state index in [0.717, 1.165) is 48.5 Å². The molecule has 7 heteroatoms. The smallest absolute Gasteiger partial charge is 0.298 e. The molecule has 2 aliphatic heterocycles. The van der Waals surface area contributed by atoms with Crippen LogP contribution in [0.15, 0.2) is 36.4 Å². The molecule has 1 amide bonds. The van der Waals surface area contributed by atoms with Crippen LogP contribution in [0, 0.1) is 24.7 Å². The van der Waals surface area contributed by atoms with Gasteiger partial charge in [0.1, 0.15) is 6.10 Å². The summed E-state index contributed by atoms with van der Waals surface area (Å²) < 4.78 is 6.59. The van der Waals surface area contributed by atoms with Crippen LogP contribution in [0.3, 0.4) is 0 Å². The van der Waals surface area contributed by atoms with Crippen LogP contribution in [-0.4, -0.2) is 69.8 Å².